The Balaban J connectivity index is 1.60. The average Bonchev–Trinajstić information content (AvgIpc) is 3.06. The zero-order chi connectivity index (χ0) is 16.1. The number of hydrogen-bond acceptors (Lipinski definition) is 4. The van der Waals surface area contributed by atoms with Crippen molar-refractivity contribution in [1.82, 2.24) is 20.3 Å². The maximum absolute atomic E-state index is 12.1. The molecule has 3 rings (SSSR count). The van der Waals surface area contributed by atoms with Crippen LogP contribution in [0.4, 0.5) is 5.95 Å². The molecule has 0 saturated heterocycles. The van der Waals surface area contributed by atoms with Gasteiger partial charge in [0.15, 0.2) is 0 Å². The van der Waals surface area contributed by atoms with Crippen LogP contribution in [0.3, 0.4) is 0 Å². The van der Waals surface area contributed by atoms with Crippen LogP contribution >= 0.6 is 0 Å². The highest BCUT2D eigenvalue weighted by Gasteiger charge is 2.10. The summed E-state index contributed by atoms with van der Waals surface area (Å²) in [7, 11) is 0. The summed E-state index contributed by atoms with van der Waals surface area (Å²) in [6.07, 6.45) is 4.11. The van der Waals surface area contributed by atoms with Gasteiger partial charge in [-0.3, -0.25) is 4.79 Å². The first-order valence-electron chi connectivity index (χ1n) is 7.32. The Morgan fingerprint density at radius 1 is 1.22 bits per heavy atom. The highest BCUT2D eigenvalue weighted by atomic mass is 16.1. The van der Waals surface area contributed by atoms with Crippen LogP contribution < -0.4 is 11.1 Å². The van der Waals surface area contributed by atoms with E-state index in [0.717, 1.165) is 12.0 Å². The zero-order valence-corrected chi connectivity index (χ0v) is 12.5. The van der Waals surface area contributed by atoms with Crippen molar-refractivity contribution in [2.45, 2.75) is 6.42 Å². The monoisotopic (exact) mass is 307 g/mol. The van der Waals surface area contributed by atoms with E-state index in [4.69, 9.17) is 5.73 Å². The Kier molecular flexibility index (Phi) is 4.33. The maximum atomic E-state index is 12.1. The van der Waals surface area contributed by atoms with Crippen LogP contribution in [0.1, 0.15) is 16.1 Å². The SMILES string of the molecule is Nc1nccc(-c2c[nH]c(C(=O)NCCc3ccccc3)c2)n1. The van der Waals surface area contributed by atoms with Gasteiger partial charge < -0.3 is 16.0 Å². The van der Waals surface area contributed by atoms with E-state index in [1.54, 1.807) is 24.5 Å². The van der Waals surface area contributed by atoms with E-state index >= 15 is 0 Å². The van der Waals surface area contributed by atoms with Gasteiger partial charge in [0.1, 0.15) is 5.69 Å². The van der Waals surface area contributed by atoms with E-state index < -0.39 is 0 Å². The maximum Gasteiger partial charge on any atom is 0.267 e. The molecule has 3 aromatic rings. The zero-order valence-electron chi connectivity index (χ0n) is 12.5. The van der Waals surface area contributed by atoms with Crippen molar-refractivity contribution < 1.29 is 4.79 Å². The molecule has 6 heteroatoms. The van der Waals surface area contributed by atoms with Crippen LogP contribution in [0.25, 0.3) is 11.3 Å². The molecule has 0 aliphatic heterocycles. The third-order valence-electron chi connectivity index (χ3n) is 3.44. The van der Waals surface area contributed by atoms with Crippen LogP contribution in [-0.4, -0.2) is 27.4 Å². The number of H-pyrrole nitrogens is 1. The van der Waals surface area contributed by atoms with Gasteiger partial charge in [-0.05, 0) is 24.1 Å². The molecular weight excluding hydrogens is 290 g/mol. The molecule has 6 nitrogen and oxygen atoms in total. The Labute approximate surface area is 133 Å². The number of anilines is 1. The topological polar surface area (TPSA) is 96.7 Å². The number of nitrogens with zero attached hydrogens (tertiary/aromatic N) is 2. The predicted octanol–water partition coefficient (Wildman–Crippen LogP) is 2.03. The molecule has 0 spiro atoms. The summed E-state index contributed by atoms with van der Waals surface area (Å²) in [6.45, 7) is 0.581. The lowest BCUT2D eigenvalue weighted by atomic mass is 10.1. The number of amides is 1. The first-order valence-corrected chi connectivity index (χ1v) is 7.32. The fraction of sp³-hybridized carbons (Fsp3) is 0.118. The number of nitrogens with one attached hydrogen (secondary N) is 2. The Bertz CT molecular complexity index is 798. The first kappa shape index (κ1) is 14.8. The molecule has 2 heterocycles. The lowest BCUT2D eigenvalue weighted by Crippen LogP contribution is -2.25. The number of carbonyl (C=O) groups excluding carboxylic acids is 1. The molecule has 0 atom stereocenters. The summed E-state index contributed by atoms with van der Waals surface area (Å²) >= 11 is 0. The molecule has 0 unspecified atom stereocenters. The van der Waals surface area contributed by atoms with Crippen LogP contribution in [0.2, 0.25) is 0 Å². The summed E-state index contributed by atoms with van der Waals surface area (Å²) in [4.78, 5) is 23.1. The summed E-state index contributed by atoms with van der Waals surface area (Å²) in [5.74, 6) is 0.0618. The molecule has 0 bridgehead atoms. The minimum atomic E-state index is -0.144. The molecule has 0 saturated carbocycles. The molecule has 0 fully saturated rings. The smallest absolute Gasteiger partial charge is 0.267 e. The molecule has 23 heavy (non-hydrogen) atoms. The van der Waals surface area contributed by atoms with Crippen LogP contribution in [0.15, 0.2) is 54.9 Å². The number of aromatic amines is 1. The van der Waals surface area contributed by atoms with Crippen molar-refractivity contribution in [3.05, 3.63) is 66.1 Å². The van der Waals surface area contributed by atoms with Gasteiger partial charge >= 0.3 is 0 Å². The highest BCUT2D eigenvalue weighted by molar-refractivity contribution is 5.93. The summed E-state index contributed by atoms with van der Waals surface area (Å²) in [5.41, 5.74) is 8.73. The van der Waals surface area contributed by atoms with E-state index in [1.807, 2.05) is 30.3 Å². The van der Waals surface area contributed by atoms with Crippen molar-refractivity contribution in [2.24, 2.45) is 0 Å². The van der Waals surface area contributed by atoms with Crippen molar-refractivity contribution in [3.63, 3.8) is 0 Å². The van der Waals surface area contributed by atoms with Crippen LogP contribution in [-0.2, 0) is 6.42 Å². The minimum absolute atomic E-state index is 0.144. The summed E-state index contributed by atoms with van der Waals surface area (Å²) in [5, 5.41) is 2.90. The predicted molar refractivity (Wildman–Crippen MR) is 88.7 cm³/mol. The first-order chi connectivity index (χ1) is 11.2. The van der Waals surface area contributed by atoms with Crippen LogP contribution in [0, 0.1) is 0 Å². The van der Waals surface area contributed by atoms with Gasteiger partial charge in [-0.2, -0.15) is 0 Å². The van der Waals surface area contributed by atoms with Gasteiger partial charge in [0.05, 0.1) is 5.69 Å². The van der Waals surface area contributed by atoms with E-state index in [9.17, 15) is 4.79 Å². The molecule has 1 amide bonds. The fourth-order valence-electron chi connectivity index (χ4n) is 2.27. The average molecular weight is 307 g/mol. The van der Waals surface area contributed by atoms with E-state index in [0.29, 0.717) is 17.9 Å². The quantitative estimate of drug-likeness (QED) is 0.672. The van der Waals surface area contributed by atoms with Gasteiger partial charge in [0.2, 0.25) is 5.95 Å². The molecular formula is C17H17N5O. The van der Waals surface area contributed by atoms with E-state index in [-0.39, 0.29) is 11.9 Å². The molecule has 4 N–H and O–H groups in total. The molecule has 1 aromatic carbocycles. The second-order valence-electron chi connectivity index (χ2n) is 5.09. The van der Waals surface area contributed by atoms with Crippen molar-refractivity contribution in [2.75, 3.05) is 12.3 Å². The largest absolute Gasteiger partial charge is 0.368 e. The molecule has 0 aliphatic rings. The third-order valence-corrected chi connectivity index (χ3v) is 3.44. The van der Waals surface area contributed by atoms with Crippen molar-refractivity contribution in [3.8, 4) is 11.3 Å². The third kappa shape index (κ3) is 3.74. The summed E-state index contributed by atoms with van der Waals surface area (Å²) < 4.78 is 0. The number of carbonyl (C=O) groups is 1. The van der Waals surface area contributed by atoms with E-state index in [1.165, 1.54) is 5.56 Å². The Morgan fingerprint density at radius 2 is 2.04 bits per heavy atom. The van der Waals surface area contributed by atoms with Crippen LogP contribution in [0.5, 0.6) is 0 Å². The number of hydrogen-bond donors (Lipinski definition) is 3. The van der Waals surface area contributed by atoms with Gasteiger partial charge in [-0.25, -0.2) is 9.97 Å². The number of nitrogens with two attached hydrogens (primary N) is 1. The number of nitrogen functional groups attached to an aromatic ring is 1. The fourth-order valence-corrected chi connectivity index (χ4v) is 2.27. The van der Waals surface area contributed by atoms with Gasteiger partial charge in [-0.15, -0.1) is 0 Å². The minimum Gasteiger partial charge on any atom is -0.368 e. The normalized spacial score (nSPS) is 10.4. The lowest BCUT2D eigenvalue weighted by molar-refractivity contribution is 0.0950. The molecule has 0 aliphatic carbocycles. The number of benzene rings is 1. The van der Waals surface area contributed by atoms with Crippen molar-refractivity contribution >= 4 is 11.9 Å². The van der Waals surface area contributed by atoms with Gasteiger partial charge in [-0.1, -0.05) is 30.3 Å². The molecule has 0 radical (unpaired) electrons. The summed E-state index contributed by atoms with van der Waals surface area (Å²) in [6, 6.07) is 13.5. The molecule has 2 aromatic heterocycles. The highest BCUT2D eigenvalue weighted by Crippen LogP contribution is 2.18. The Morgan fingerprint density at radius 3 is 2.83 bits per heavy atom. The van der Waals surface area contributed by atoms with E-state index in [2.05, 4.69) is 20.3 Å². The standard InChI is InChI=1S/C17H17N5O/c18-17-20-9-7-14(22-17)13-10-15(21-11-13)16(23)19-8-6-12-4-2-1-3-5-12/h1-5,7,9-11,21H,6,8H2,(H,19,23)(H2,18,20,22). The number of aromatic nitrogens is 3. The second-order valence-corrected chi connectivity index (χ2v) is 5.09. The Hall–Kier alpha value is -3.15. The second kappa shape index (κ2) is 6.74. The van der Waals surface area contributed by atoms with Gasteiger partial charge in [0, 0.05) is 24.5 Å². The molecule has 116 valence electrons. The number of rotatable bonds is 5. The van der Waals surface area contributed by atoms with Crippen molar-refractivity contribution in [1.29, 1.82) is 0 Å². The van der Waals surface area contributed by atoms with Gasteiger partial charge in [0.25, 0.3) is 5.91 Å². The lowest BCUT2D eigenvalue weighted by Gasteiger charge is -2.03.